The van der Waals surface area contributed by atoms with Crippen molar-refractivity contribution >= 4 is 10.9 Å². The van der Waals surface area contributed by atoms with Crippen LogP contribution in [0, 0.1) is 13.8 Å². The molecule has 2 nitrogen and oxygen atoms in total. The van der Waals surface area contributed by atoms with Gasteiger partial charge in [0.05, 0.1) is 11.1 Å². The van der Waals surface area contributed by atoms with Crippen LogP contribution in [0.3, 0.4) is 0 Å². The zero-order chi connectivity index (χ0) is 15.0. The summed E-state index contributed by atoms with van der Waals surface area (Å²) in [5, 5.41) is 1.12. The van der Waals surface area contributed by atoms with Gasteiger partial charge in [-0.25, -0.2) is 0 Å². The average molecular weight is 276 g/mol. The fourth-order valence-electron chi connectivity index (χ4n) is 2.63. The van der Waals surface area contributed by atoms with E-state index in [2.05, 4.69) is 62.2 Å². The molecule has 3 aromatic rings. The highest BCUT2D eigenvalue weighted by molar-refractivity contribution is 5.79. The molecule has 2 N–H and O–H groups in total. The lowest BCUT2D eigenvalue weighted by Crippen LogP contribution is -2.34. The maximum Gasteiger partial charge on any atom is 0.0702 e. The van der Waals surface area contributed by atoms with Crippen molar-refractivity contribution in [3.05, 3.63) is 77.0 Å². The first-order valence-electron chi connectivity index (χ1n) is 7.20. The predicted octanol–water partition coefficient (Wildman–Crippen LogP) is 4.07. The maximum atomic E-state index is 6.65. The van der Waals surface area contributed by atoms with Gasteiger partial charge >= 0.3 is 0 Å². The summed E-state index contributed by atoms with van der Waals surface area (Å²) >= 11 is 0. The molecule has 0 aliphatic carbocycles. The summed E-state index contributed by atoms with van der Waals surface area (Å²) in [6.45, 7) is 6.31. The Kier molecular flexibility index (Phi) is 3.26. The molecule has 1 atom stereocenters. The highest BCUT2D eigenvalue weighted by atomic mass is 14.7. The first-order valence-corrected chi connectivity index (χ1v) is 7.20. The van der Waals surface area contributed by atoms with Gasteiger partial charge in [-0.1, -0.05) is 30.3 Å². The molecule has 106 valence electrons. The second kappa shape index (κ2) is 4.97. The van der Waals surface area contributed by atoms with Crippen LogP contribution in [0.5, 0.6) is 0 Å². The van der Waals surface area contributed by atoms with E-state index < -0.39 is 5.54 Å². The molecule has 0 spiro atoms. The Morgan fingerprint density at radius 1 is 0.905 bits per heavy atom. The van der Waals surface area contributed by atoms with Gasteiger partial charge in [0.2, 0.25) is 0 Å². The number of nitrogens with two attached hydrogens (primary N) is 1. The van der Waals surface area contributed by atoms with Crippen LogP contribution in [-0.4, -0.2) is 4.98 Å². The van der Waals surface area contributed by atoms with Crippen LogP contribution in [-0.2, 0) is 5.54 Å². The Hall–Kier alpha value is -2.19. The van der Waals surface area contributed by atoms with E-state index in [4.69, 9.17) is 5.73 Å². The number of pyridine rings is 1. The number of hydrogen-bond acceptors (Lipinski definition) is 2. The van der Waals surface area contributed by atoms with E-state index in [1.54, 1.807) is 0 Å². The van der Waals surface area contributed by atoms with Crippen molar-refractivity contribution < 1.29 is 0 Å². The van der Waals surface area contributed by atoms with E-state index in [9.17, 15) is 0 Å². The number of hydrogen-bond donors (Lipinski definition) is 1. The standard InChI is InChI=1S/C19H20N2/c1-13-6-7-16(11-14(13)2)19(3,20)17-8-9-18-15(12-17)5-4-10-21-18/h4-12H,20H2,1-3H3. The van der Waals surface area contributed by atoms with Gasteiger partial charge in [0.25, 0.3) is 0 Å². The minimum absolute atomic E-state index is 0.511. The summed E-state index contributed by atoms with van der Waals surface area (Å²) in [5.74, 6) is 0. The molecule has 21 heavy (non-hydrogen) atoms. The summed E-state index contributed by atoms with van der Waals surface area (Å²) < 4.78 is 0. The molecule has 0 fully saturated rings. The molecule has 0 aliphatic rings. The van der Waals surface area contributed by atoms with E-state index in [1.807, 2.05) is 18.3 Å². The Morgan fingerprint density at radius 2 is 1.62 bits per heavy atom. The van der Waals surface area contributed by atoms with E-state index in [0.29, 0.717) is 0 Å². The van der Waals surface area contributed by atoms with Crippen LogP contribution in [0.15, 0.2) is 54.7 Å². The molecule has 0 amide bonds. The highest BCUT2D eigenvalue weighted by Gasteiger charge is 2.24. The number of rotatable bonds is 2. The fourth-order valence-corrected chi connectivity index (χ4v) is 2.63. The van der Waals surface area contributed by atoms with Crippen molar-refractivity contribution in [3.63, 3.8) is 0 Å². The molecule has 1 aromatic heterocycles. The minimum Gasteiger partial charge on any atom is -0.318 e. The second-order valence-corrected chi connectivity index (χ2v) is 5.91. The zero-order valence-corrected chi connectivity index (χ0v) is 12.7. The Labute approximate surface area is 125 Å². The summed E-state index contributed by atoms with van der Waals surface area (Å²) in [6.07, 6.45) is 1.81. The van der Waals surface area contributed by atoms with Gasteiger partial charge in [-0.15, -0.1) is 0 Å². The van der Waals surface area contributed by atoms with Crippen molar-refractivity contribution in [3.8, 4) is 0 Å². The second-order valence-electron chi connectivity index (χ2n) is 5.91. The maximum absolute atomic E-state index is 6.65. The van der Waals surface area contributed by atoms with Gasteiger partial charge in [-0.3, -0.25) is 4.98 Å². The summed E-state index contributed by atoms with van der Waals surface area (Å²) in [4.78, 5) is 4.36. The first kappa shape index (κ1) is 13.8. The SMILES string of the molecule is Cc1ccc(C(C)(N)c2ccc3ncccc3c2)cc1C. The van der Waals surface area contributed by atoms with Crippen LogP contribution >= 0.6 is 0 Å². The largest absolute Gasteiger partial charge is 0.318 e. The third-order valence-electron chi connectivity index (χ3n) is 4.31. The molecular weight excluding hydrogens is 256 g/mol. The lowest BCUT2D eigenvalue weighted by atomic mass is 9.84. The highest BCUT2D eigenvalue weighted by Crippen LogP contribution is 2.29. The molecule has 1 heterocycles. The van der Waals surface area contributed by atoms with Gasteiger partial charge < -0.3 is 5.73 Å². The van der Waals surface area contributed by atoms with Gasteiger partial charge in [0.1, 0.15) is 0 Å². The molecule has 2 aromatic carbocycles. The molecule has 3 rings (SSSR count). The summed E-state index contributed by atoms with van der Waals surface area (Å²) in [5.41, 5.74) is 11.9. The van der Waals surface area contributed by atoms with Crippen LogP contribution in [0.2, 0.25) is 0 Å². The average Bonchev–Trinajstić information content (AvgIpc) is 2.49. The van der Waals surface area contributed by atoms with Gasteiger partial charge in [0.15, 0.2) is 0 Å². The van der Waals surface area contributed by atoms with Crippen molar-refractivity contribution in [1.82, 2.24) is 4.98 Å². The topological polar surface area (TPSA) is 38.9 Å². The predicted molar refractivity (Wildman–Crippen MR) is 88.3 cm³/mol. The molecular formula is C19H20N2. The Balaban J connectivity index is 2.12. The number of aryl methyl sites for hydroxylation is 2. The normalized spacial score (nSPS) is 14.1. The van der Waals surface area contributed by atoms with E-state index in [0.717, 1.165) is 22.0 Å². The lowest BCUT2D eigenvalue weighted by molar-refractivity contribution is 0.603. The van der Waals surface area contributed by atoms with Crippen molar-refractivity contribution in [2.45, 2.75) is 26.3 Å². The van der Waals surface area contributed by atoms with E-state index >= 15 is 0 Å². The molecule has 1 unspecified atom stereocenters. The fraction of sp³-hybridized carbons (Fsp3) is 0.211. The van der Waals surface area contributed by atoms with Gasteiger partial charge in [0, 0.05) is 11.6 Å². The smallest absolute Gasteiger partial charge is 0.0702 e. The minimum atomic E-state index is -0.511. The van der Waals surface area contributed by atoms with Crippen molar-refractivity contribution in [2.24, 2.45) is 5.73 Å². The van der Waals surface area contributed by atoms with Gasteiger partial charge in [-0.05, 0) is 61.2 Å². The molecule has 0 radical (unpaired) electrons. The van der Waals surface area contributed by atoms with Crippen LogP contribution in [0.4, 0.5) is 0 Å². The third-order valence-corrected chi connectivity index (χ3v) is 4.31. The molecule has 0 saturated carbocycles. The number of nitrogens with zero attached hydrogens (tertiary/aromatic N) is 1. The lowest BCUT2D eigenvalue weighted by Gasteiger charge is -2.27. The van der Waals surface area contributed by atoms with E-state index in [1.165, 1.54) is 11.1 Å². The van der Waals surface area contributed by atoms with Crippen LogP contribution in [0.1, 0.15) is 29.2 Å². The Morgan fingerprint density at radius 3 is 2.38 bits per heavy atom. The molecule has 0 saturated heterocycles. The zero-order valence-electron chi connectivity index (χ0n) is 12.7. The molecule has 2 heteroatoms. The third kappa shape index (κ3) is 2.43. The summed E-state index contributed by atoms with van der Waals surface area (Å²) in [6, 6.07) is 16.7. The quantitative estimate of drug-likeness (QED) is 0.766. The number of benzene rings is 2. The Bertz CT molecular complexity index is 804. The van der Waals surface area contributed by atoms with Gasteiger partial charge in [-0.2, -0.15) is 0 Å². The van der Waals surface area contributed by atoms with Crippen molar-refractivity contribution in [1.29, 1.82) is 0 Å². The number of fused-ring (bicyclic) bond motifs is 1. The van der Waals surface area contributed by atoms with Crippen LogP contribution < -0.4 is 5.73 Å². The monoisotopic (exact) mass is 276 g/mol. The molecule has 0 aliphatic heterocycles. The summed E-state index contributed by atoms with van der Waals surface area (Å²) in [7, 11) is 0. The number of aromatic nitrogens is 1. The van der Waals surface area contributed by atoms with E-state index in [-0.39, 0.29) is 0 Å². The molecule has 0 bridgehead atoms. The van der Waals surface area contributed by atoms with Crippen molar-refractivity contribution in [2.75, 3.05) is 0 Å². The first-order chi connectivity index (χ1) is 9.98. The van der Waals surface area contributed by atoms with Crippen LogP contribution in [0.25, 0.3) is 10.9 Å².